The number of nitrogens with zero attached hydrogens (tertiary/aromatic N) is 2. The molecule has 2 aromatic carbocycles. The summed E-state index contributed by atoms with van der Waals surface area (Å²) in [5.74, 6) is -1.60. The van der Waals surface area contributed by atoms with E-state index >= 15 is 0 Å². The predicted octanol–water partition coefficient (Wildman–Crippen LogP) is 3.01. The molecule has 156 valence electrons. The van der Waals surface area contributed by atoms with E-state index in [2.05, 4.69) is 5.32 Å². The number of benzene rings is 2. The number of esters is 1. The summed E-state index contributed by atoms with van der Waals surface area (Å²) >= 11 is 0. The van der Waals surface area contributed by atoms with Crippen molar-refractivity contribution in [3.05, 3.63) is 75.7 Å². The van der Waals surface area contributed by atoms with Gasteiger partial charge >= 0.3 is 5.97 Å². The molecule has 0 saturated carbocycles. The Morgan fingerprint density at radius 3 is 2.50 bits per heavy atom. The van der Waals surface area contributed by atoms with E-state index in [1.165, 1.54) is 22.9 Å². The SMILES string of the molecule is CCCOC(=O)c1ccc(O)c(C(=O)Nc2c(C)n(C)n(-c3ccccc3)c2=O)c1. The lowest BCUT2D eigenvalue weighted by Gasteiger charge is -2.08. The van der Waals surface area contributed by atoms with Crippen LogP contribution in [0.15, 0.2) is 53.3 Å². The van der Waals surface area contributed by atoms with E-state index < -0.39 is 17.4 Å². The second-order valence-electron chi connectivity index (χ2n) is 6.76. The van der Waals surface area contributed by atoms with Gasteiger partial charge in [-0.3, -0.25) is 14.3 Å². The van der Waals surface area contributed by atoms with E-state index in [0.717, 1.165) is 0 Å². The van der Waals surface area contributed by atoms with Crippen LogP contribution in [0.4, 0.5) is 5.69 Å². The topological polar surface area (TPSA) is 103 Å². The number of phenols is 1. The second-order valence-corrected chi connectivity index (χ2v) is 6.76. The highest BCUT2D eigenvalue weighted by molar-refractivity contribution is 6.07. The largest absolute Gasteiger partial charge is 0.507 e. The molecule has 0 aliphatic carbocycles. The molecule has 0 unspecified atom stereocenters. The Balaban J connectivity index is 1.94. The molecule has 8 nitrogen and oxygen atoms in total. The van der Waals surface area contributed by atoms with Crippen LogP contribution in [0.1, 0.15) is 39.8 Å². The van der Waals surface area contributed by atoms with Crippen LogP contribution in [0.5, 0.6) is 5.75 Å². The molecule has 0 spiro atoms. The summed E-state index contributed by atoms with van der Waals surface area (Å²) in [7, 11) is 1.71. The third-order valence-corrected chi connectivity index (χ3v) is 4.71. The molecule has 1 amide bonds. The van der Waals surface area contributed by atoms with E-state index in [-0.39, 0.29) is 29.2 Å². The molecule has 8 heteroatoms. The van der Waals surface area contributed by atoms with Crippen molar-refractivity contribution in [3.8, 4) is 11.4 Å². The van der Waals surface area contributed by atoms with Crippen molar-refractivity contribution in [2.24, 2.45) is 7.05 Å². The first-order valence-corrected chi connectivity index (χ1v) is 9.50. The monoisotopic (exact) mass is 409 g/mol. The minimum absolute atomic E-state index is 0.0877. The Labute approximate surface area is 173 Å². The first-order chi connectivity index (χ1) is 14.3. The fraction of sp³-hybridized carbons (Fsp3) is 0.227. The molecule has 3 rings (SSSR count). The number of amides is 1. The number of hydrogen-bond donors (Lipinski definition) is 2. The number of aromatic hydroxyl groups is 1. The minimum Gasteiger partial charge on any atom is -0.507 e. The summed E-state index contributed by atoms with van der Waals surface area (Å²) in [6.45, 7) is 3.83. The number of rotatable bonds is 6. The van der Waals surface area contributed by atoms with Crippen LogP contribution < -0.4 is 10.9 Å². The van der Waals surface area contributed by atoms with Crippen molar-refractivity contribution in [1.82, 2.24) is 9.36 Å². The van der Waals surface area contributed by atoms with Gasteiger partial charge < -0.3 is 15.2 Å². The van der Waals surface area contributed by atoms with Gasteiger partial charge in [0.25, 0.3) is 11.5 Å². The predicted molar refractivity (Wildman–Crippen MR) is 112 cm³/mol. The number of carbonyl (C=O) groups is 2. The molecule has 2 N–H and O–H groups in total. The maximum atomic E-state index is 12.9. The van der Waals surface area contributed by atoms with Crippen molar-refractivity contribution in [3.63, 3.8) is 0 Å². The highest BCUT2D eigenvalue weighted by Gasteiger charge is 2.21. The van der Waals surface area contributed by atoms with Gasteiger partial charge in [-0.1, -0.05) is 25.1 Å². The number of carbonyl (C=O) groups excluding carboxylic acids is 2. The summed E-state index contributed by atoms with van der Waals surface area (Å²) in [5, 5.41) is 12.7. The maximum Gasteiger partial charge on any atom is 0.338 e. The lowest BCUT2D eigenvalue weighted by molar-refractivity contribution is 0.0505. The lowest BCUT2D eigenvalue weighted by Crippen LogP contribution is -2.23. The van der Waals surface area contributed by atoms with Crippen molar-refractivity contribution < 1.29 is 19.4 Å². The first kappa shape index (κ1) is 20.9. The summed E-state index contributed by atoms with van der Waals surface area (Å²) in [4.78, 5) is 37.8. The third kappa shape index (κ3) is 3.98. The van der Waals surface area contributed by atoms with Crippen LogP contribution in [-0.2, 0) is 11.8 Å². The zero-order valence-corrected chi connectivity index (χ0v) is 17.0. The molecule has 1 heterocycles. The molecule has 0 saturated heterocycles. The van der Waals surface area contributed by atoms with Gasteiger partial charge in [0.15, 0.2) is 0 Å². The molecular weight excluding hydrogens is 386 g/mol. The molecule has 0 aliphatic rings. The van der Waals surface area contributed by atoms with Crippen LogP contribution >= 0.6 is 0 Å². The van der Waals surface area contributed by atoms with Gasteiger partial charge in [0.05, 0.1) is 29.1 Å². The number of nitrogens with one attached hydrogen (secondary N) is 1. The van der Waals surface area contributed by atoms with Crippen LogP contribution in [0, 0.1) is 6.92 Å². The quantitative estimate of drug-likeness (QED) is 0.609. The zero-order valence-electron chi connectivity index (χ0n) is 17.0. The molecule has 30 heavy (non-hydrogen) atoms. The van der Waals surface area contributed by atoms with Crippen molar-refractivity contribution in [2.75, 3.05) is 11.9 Å². The lowest BCUT2D eigenvalue weighted by atomic mass is 10.1. The number of phenolic OH excluding ortho intramolecular Hbond substituents is 1. The van der Waals surface area contributed by atoms with Crippen molar-refractivity contribution in [2.45, 2.75) is 20.3 Å². The second kappa shape index (κ2) is 8.69. The average molecular weight is 409 g/mol. The van der Waals surface area contributed by atoms with E-state index in [9.17, 15) is 19.5 Å². The molecule has 0 bridgehead atoms. The third-order valence-electron chi connectivity index (χ3n) is 4.71. The van der Waals surface area contributed by atoms with Gasteiger partial charge in [-0.25, -0.2) is 9.48 Å². The molecule has 0 radical (unpaired) electrons. The van der Waals surface area contributed by atoms with Gasteiger partial charge in [0, 0.05) is 7.05 Å². The average Bonchev–Trinajstić information content (AvgIpc) is 2.96. The molecule has 1 aromatic heterocycles. The van der Waals surface area contributed by atoms with Gasteiger partial charge in [-0.2, -0.15) is 0 Å². The molecule has 0 aliphatic heterocycles. The fourth-order valence-corrected chi connectivity index (χ4v) is 3.02. The summed E-state index contributed by atoms with van der Waals surface area (Å²) in [6.07, 6.45) is 0.665. The normalized spacial score (nSPS) is 10.6. The molecular formula is C22H23N3O5. The molecule has 0 fully saturated rings. The van der Waals surface area contributed by atoms with Crippen molar-refractivity contribution >= 4 is 17.6 Å². The van der Waals surface area contributed by atoms with E-state index in [1.54, 1.807) is 30.8 Å². The Morgan fingerprint density at radius 1 is 1.13 bits per heavy atom. The summed E-state index contributed by atoms with van der Waals surface area (Å²) in [6, 6.07) is 12.9. The maximum absolute atomic E-state index is 12.9. The number of aromatic nitrogens is 2. The van der Waals surface area contributed by atoms with E-state index in [0.29, 0.717) is 17.8 Å². The Bertz CT molecular complexity index is 1150. The number of para-hydroxylation sites is 1. The molecule has 0 atom stereocenters. The number of ether oxygens (including phenoxy) is 1. The Kier molecular flexibility index (Phi) is 6.06. The molecule has 3 aromatic rings. The zero-order chi connectivity index (χ0) is 21.8. The highest BCUT2D eigenvalue weighted by Crippen LogP contribution is 2.22. The fourth-order valence-electron chi connectivity index (χ4n) is 3.02. The van der Waals surface area contributed by atoms with Gasteiger partial charge in [0.2, 0.25) is 0 Å². The van der Waals surface area contributed by atoms with Gasteiger partial charge in [-0.05, 0) is 43.7 Å². The van der Waals surface area contributed by atoms with Gasteiger partial charge in [-0.15, -0.1) is 0 Å². The van der Waals surface area contributed by atoms with Crippen LogP contribution in [-0.4, -0.2) is 33.0 Å². The number of anilines is 1. The number of hydrogen-bond acceptors (Lipinski definition) is 5. The smallest absolute Gasteiger partial charge is 0.338 e. The van der Waals surface area contributed by atoms with Crippen LogP contribution in [0.3, 0.4) is 0 Å². The first-order valence-electron chi connectivity index (χ1n) is 9.50. The van der Waals surface area contributed by atoms with Crippen LogP contribution in [0.25, 0.3) is 5.69 Å². The minimum atomic E-state index is -0.705. The summed E-state index contributed by atoms with van der Waals surface area (Å²) < 4.78 is 8.13. The van der Waals surface area contributed by atoms with Crippen LogP contribution in [0.2, 0.25) is 0 Å². The van der Waals surface area contributed by atoms with Gasteiger partial charge in [0.1, 0.15) is 11.4 Å². The summed E-state index contributed by atoms with van der Waals surface area (Å²) in [5.41, 5.74) is 0.873. The highest BCUT2D eigenvalue weighted by atomic mass is 16.5. The Morgan fingerprint density at radius 2 is 1.83 bits per heavy atom. The van der Waals surface area contributed by atoms with E-state index in [1.807, 2.05) is 25.1 Å². The van der Waals surface area contributed by atoms with Crippen molar-refractivity contribution in [1.29, 1.82) is 0 Å². The Hall–Kier alpha value is -3.81. The standard InChI is InChI=1S/C22H23N3O5/c1-4-12-30-22(29)15-10-11-18(26)17(13-15)20(27)23-19-14(2)24(3)25(21(19)28)16-8-6-5-7-9-16/h5-11,13,26H,4,12H2,1-3H3,(H,23,27). The van der Waals surface area contributed by atoms with E-state index in [4.69, 9.17) is 4.74 Å².